The Labute approximate surface area is 241 Å². The van der Waals surface area contributed by atoms with Crippen LogP contribution < -0.4 is 20.7 Å². The molecule has 7 nitrogen and oxygen atoms in total. The molecule has 4 rings (SSSR count). The monoisotopic (exact) mass is 605 g/mol. The highest BCUT2D eigenvalue weighted by molar-refractivity contribution is 6.12. The van der Waals surface area contributed by atoms with E-state index in [0.29, 0.717) is 0 Å². The molecule has 0 atom stereocenters. The van der Waals surface area contributed by atoms with E-state index >= 15 is 0 Å². The van der Waals surface area contributed by atoms with Gasteiger partial charge >= 0.3 is 12.4 Å². The summed E-state index contributed by atoms with van der Waals surface area (Å²) in [6, 6.07) is 12.0. The van der Waals surface area contributed by atoms with Crippen molar-refractivity contribution in [2.24, 2.45) is 0 Å². The summed E-state index contributed by atoms with van der Waals surface area (Å²) >= 11 is 0. The molecule has 2 amide bonds. The number of aromatic hydroxyl groups is 1. The second kappa shape index (κ2) is 11.7. The fourth-order valence-corrected chi connectivity index (χ4v) is 4.75. The Bertz CT molecular complexity index is 1550. The quantitative estimate of drug-likeness (QED) is 0.228. The first-order valence-electron chi connectivity index (χ1n) is 12.6. The first-order valence-corrected chi connectivity index (χ1v) is 12.6. The lowest BCUT2D eigenvalue weighted by atomic mass is 9.79. The molecule has 3 aromatic carbocycles. The van der Waals surface area contributed by atoms with Crippen LogP contribution in [-0.2, 0) is 21.9 Å². The molecule has 1 aliphatic heterocycles. The van der Waals surface area contributed by atoms with Crippen molar-refractivity contribution >= 4 is 23.2 Å². The van der Waals surface area contributed by atoms with Crippen molar-refractivity contribution in [2.45, 2.75) is 32.1 Å². The van der Waals surface area contributed by atoms with E-state index in [0.717, 1.165) is 36.4 Å². The zero-order valence-corrected chi connectivity index (χ0v) is 22.9. The van der Waals surface area contributed by atoms with Crippen molar-refractivity contribution in [1.82, 2.24) is 5.32 Å². The van der Waals surface area contributed by atoms with Gasteiger partial charge in [0.15, 0.2) is 11.5 Å². The molecule has 3 aromatic rings. The first kappa shape index (κ1) is 31.0. The number of rotatable bonds is 6. The van der Waals surface area contributed by atoms with Crippen LogP contribution in [0.25, 0.3) is 0 Å². The lowest BCUT2D eigenvalue weighted by Crippen LogP contribution is -2.35. The highest BCUT2D eigenvalue weighted by Crippen LogP contribution is 2.42. The van der Waals surface area contributed by atoms with E-state index < -0.39 is 41.2 Å². The van der Waals surface area contributed by atoms with Gasteiger partial charge in [-0.3, -0.25) is 9.59 Å². The largest absolute Gasteiger partial charge is 0.504 e. The van der Waals surface area contributed by atoms with Gasteiger partial charge in [-0.1, -0.05) is 18.2 Å². The molecule has 1 heterocycles. The zero-order chi connectivity index (χ0) is 31.7. The van der Waals surface area contributed by atoms with Gasteiger partial charge < -0.3 is 25.8 Å². The van der Waals surface area contributed by atoms with Crippen molar-refractivity contribution in [3.05, 3.63) is 106 Å². The maximum absolute atomic E-state index is 13.7. The van der Waals surface area contributed by atoms with E-state index in [9.17, 15) is 41.0 Å². The Morgan fingerprint density at radius 1 is 0.767 bits per heavy atom. The number of hydrogen-bond acceptors (Lipinski definition) is 5. The number of nitrogens with one attached hydrogen (secondary N) is 3. The van der Waals surface area contributed by atoms with Crippen LogP contribution in [0.1, 0.15) is 36.5 Å². The van der Waals surface area contributed by atoms with Crippen LogP contribution in [0.5, 0.6) is 11.5 Å². The van der Waals surface area contributed by atoms with E-state index in [2.05, 4.69) is 16.0 Å². The van der Waals surface area contributed by atoms with Crippen molar-refractivity contribution in [3.8, 4) is 11.5 Å². The van der Waals surface area contributed by atoms with Crippen molar-refractivity contribution in [2.75, 3.05) is 17.7 Å². The number of carbonyl (C=O) groups excluding carboxylic acids is 2. The highest BCUT2D eigenvalue weighted by Gasteiger charge is 2.38. The number of dihydropyridines is 1. The third-order valence-electron chi connectivity index (χ3n) is 6.68. The van der Waals surface area contributed by atoms with Crippen LogP contribution in [0.3, 0.4) is 0 Å². The van der Waals surface area contributed by atoms with Gasteiger partial charge in [-0.05, 0) is 67.9 Å². The summed E-state index contributed by atoms with van der Waals surface area (Å²) in [6.07, 6.45) is -9.33. The van der Waals surface area contributed by atoms with Gasteiger partial charge in [-0.2, -0.15) is 26.3 Å². The summed E-state index contributed by atoms with van der Waals surface area (Å²) in [5.41, 5.74) is -1.65. The zero-order valence-electron chi connectivity index (χ0n) is 22.9. The summed E-state index contributed by atoms with van der Waals surface area (Å²) < 4.78 is 84.9. The third-order valence-corrected chi connectivity index (χ3v) is 6.68. The molecule has 0 radical (unpaired) electrons. The predicted octanol–water partition coefficient (Wildman–Crippen LogP) is 6.95. The SMILES string of the molecule is COc1cc(C2C(C(=O)Nc3cccc(C(F)(F)F)c3)=C(C)NC(C)=C2C(=O)Nc2cccc(C(F)(F)F)c2)ccc1O. The maximum Gasteiger partial charge on any atom is 0.416 e. The number of phenolic OH excluding ortho intramolecular Hbond substituents is 1. The summed E-state index contributed by atoms with van der Waals surface area (Å²) in [5.74, 6) is -3.13. The molecule has 0 saturated carbocycles. The molecule has 0 fully saturated rings. The van der Waals surface area contributed by atoms with E-state index in [4.69, 9.17) is 4.74 Å². The molecule has 0 saturated heterocycles. The molecule has 4 N–H and O–H groups in total. The number of halogens is 6. The number of phenols is 1. The van der Waals surface area contributed by atoms with E-state index in [1.54, 1.807) is 0 Å². The molecule has 0 bridgehead atoms. The lowest BCUT2D eigenvalue weighted by molar-refractivity contribution is -0.138. The average molecular weight is 606 g/mol. The minimum absolute atomic E-state index is 0.00149. The van der Waals surface area contributed by atoms with E-state index in [1.807, 2.05) is 0 Å². The number of methoxy groups -OCH3 is 1. The second-order valence-electron chi connectivity index (χ2n) is 9.63. The molecule has 43 heavy (non-hydrogen) atoms. The molecule has 13 heteroatoms. The van der Waals surface area contributed by atoms with E-state index in [-0.39, 0.29) is 51.0 Å². The molecule has 0 spiro atoms. The van der Waals surface area contributed by atoms with Crippen LogP contribution in [-0.4, -0.2) is 24.0 Å². The van der Waals surface area contributed by atoms with Crippen LogP contribution >= 0.6 is 0 Å². The van der Waals surface area contributed by atoms with Gasteiger partial charge in [0, 0.05) is 39.8 Å². The molecular formula is C30H25F6N3O4. The second-order valence-corrected chi connectivity index (χ2v) is 9.63. The van der Waals surface area contributed by atoms with Crippen molar-refractivity contribution in [3.63, 3.8) is 0 Å². The average Bonchev–Trinajstić information content (AvgIpc) is 2.92. The summed E-state index contributed by atoms with van der Waals surface area (Å²) in [4.78, 5) is 27.4. The third kappa shape index (κ3) is 6.76. The fourth-order valence-electron chi connectivity index (χ4n) is 4.75. The topological polar surface area (TPSA) is 99.7 Å². The number of anilines is 2. The molecule has 1 aliphatic rings. The van der Waals surface area contributed by atoms with E-state index in [1.165, 1.54) is 51.3 Å². The summed E-state index contributed by atoms with van der Waals surface area (Å²) in [7, 11) is 1.28. The fraction of sp³-hybridized carbons (Fsp3) is 0.200. The molecule has 0 aromatic heterocycles. The Balaban J connectivity index is 1.79. The van der Waals surface area contributed by atoms with Crippen molar-refractivity contribution < 1.29 is 45.8 Å². The van der Waals surface area contributed by atoms with Gasteiger partial charge in [-0.25, -0.2) is 0 Å². The number of alkyl halides is 6. The van der Waals surface area contributed by atoms with Gasteiger partial charge in [0.1, 0.15) is 0 Å². The number of ether oxygens (including phenoxy) is 1. The number of hydrogen-bond donors (Lipinski definition) is 4. The van der Waals surface area contributed by atoms with Crippen LogP contribution in [0.2, 0.25) is 0 Å². The van der Waals surface area contributed by atoms with Gasteiger partial charge in [0.25, 0.3) is 11.8 Å². The molecule has 0 unspecified atom stereocenters. The van der Waals surface area contributed by atoms with Crippen LogP contribution in [0.15, 0.2) is 89.3 Å². The Morgan fingerprint density at radius 3 is 1.65 bits per heavy atom. The van der Waals surface area contributed by atoms with Crippen LogP contribution in [0, 0.1) is 0 Å². The molecule has 226 valence electrons. The highest BCUT2D eigenvalue weighted by atomic mass is 19.4. The first-order chi connectivity index (χ1) is 20.1. The number of carbonyl (C=O) groups is 2. The number of benzene rings is 3. The lowest BCUT2D eigenvalue weighted by Gasteiger charge is -2.31. The summed E-state index contributed by atoms with van der Waals surface area (Å²) in [5, 5.41) is 18.0. The Hall–Kier alpha value is -4.94. The maximum atomic E-state index is 13.7. The molecular weight excluding hydrogens is 580 g/mol. The Kier molecular flexibility index (Phi) is 8.47. The normalized spacial score (nSPS) is 14.3. The molecule has 0 aliphatic carbocycles. The number of allylic oxidation sites excluding steroid dienone is 2. The minimum atomic E-state index is -4.66. The summed E-state index contributed by atoms with van der Waals surface area (Å²) in [6.45, 7) is 3.05. The standard InChI is InChI=1S/C30H25F6N3O4/c1-15-24(27(41)38-20-8-4-6-18(13-20)29(31,32)33)26(17-10-11-22(40)23(12-17)43-3)25(16(2)37-15)28(42)39-21-9-5-7-19(14-21)30(34,35)36/h4-14,26,37,40H,1-3H3,(H,38,41)(H,39,42). The smallest absolute Gasteiger partial charge is 0.416 e. The van der Waals surface area contributed by atoms with Gasteiger partial charge in [0.05, 0.1) is 18.2 Å². The van der Waals surface area contributed by atoms with Gasteiger partial charge in [-0.15, -0.1) is 0 Å². The Morgan fingerprint density at radius 2 is 1.23 bits per heavy atom. The van der Waals surface area contributed by atoms with Crippen molar-refractivity contribution in [1.29, 1.82) is 0 Å². The number of amides is 2. The van der Waals surface area contributed by atoms with Crippen LogP contribution in [0.4, 0.5) is 37.7 Å². The predicted molar refractivity (Wildman–Crippen MR) is 146 cm³/mol. The van der Waals surface area contributed by atoms with Gasteiger partial charge in [0.2, 0.25) is 0 Å². The minimum Gasteiger partial charge on any atom is -0.504 e.